The first-order valence-electron chi connectivity index (χ1n) is 7.34. The third-order valence-corrected chi connectivity index (χ3v) is 5.45. The smallest absolute Gasteiger partial charge is 0.241 e. The SMILES string of the molecule is CC1COC(CO)CN1C(=O)C1CCCCN1S(C)(=O)=O. The number of nitrogens with zero attached hydrogens (tertiary/aromatic N) is 2. The Morgan fingerprint density at radius 2 is 2.10 bits per heavy atom. The highest BCUT2D eigenvalue weighted by atomic mass is 32.2. The van der Waals surface area contributed by atoms with Crippen molar-refractivity contribution < 1.29 is 23.1 Å². The van der Waals surface area contributed by atoms with Gasteiger partial charge >= 0.3 is 0 Å². The predicted octanol–water partition coefficient (Wildman–Crippen LogP) is -0.591. The summed E-state index contributed by atoms with van der Waals surface area (Å²) in [5, 5.41) is 9.20. The van der Waals surface area contributed by atoms with Crippen LogP contribution in [0.2, 0.25) is 0 Å². The molecule has 2 saturated heterocycles. The average molecular weight is 320 g/mol. The Kier molecular flexibility index (Phi) is 5.24. The molecule has 0 aromatic heterocycles. The van der Waals surface area contributed by atoms with E-state index in [4.69, 9.17) is 4.74 Å². The van der Waals surface area contributed by atoms with Crippen LogP contribution in [-0.2, 0) is 19.6 Å². The minimum atomic E-state index is -3.39. The molecule has 2 aliphatic heterocycles. The molecule has 0 aliphatic carbocycles. The van der Waals surface area contributed by atoms with Crippen molar-refractivity contribution in [1.82, 2.24) is 9.21 Å². The van der Waals surface area contributed by atoms with Crippen molar-refractivity contribution in [3.05, 3.63) is 0 Å². The lowest BCUT2D eigenvalue weighted by molar-refractivity contribution is -0.151. The molecule has 1 N–H and O–H groups in total. The summed E-state index contributed by atoms with van der Waals surface area (Å²) in [5.74, 6) is -0.172. The summed E-state index contributed by atoms with van der Waals surface area (Å²) in [6.07, 6.45) is 2.96. The minimum absolute atomic E-state index is 0.108. The quantitative estimate of drug-likeness (QED) is 0.751. The molecular weight excluding hydrogens is 296 g/mol. The van der Waals surface area contributed by atoms with Gasteiger partial charge in [-0.25, -0.2) is 8.42 Å². The van der Waals surface area contributed by atoms with Gasteiger partial charge in [0.1, 0.15) is 6.04 Å². The topological polar surface area (TPSA) is 87.2 Å². The van der Waals surface area contributed by atoms with E-state index in [1.165, 1.54) is 4.31 Å². The van der Waals surface area contributed by atoms with E-state index in [1.54, 1.807) is 4.90 Å². The molecule has 0 aromatic rings. The van der Waals surface area contributed by atoms with E-state index in [0.29, 0.717) is 26.1 Å². The Labute approximate surface area is 125 Å². The largest absolute Gasteiger partial charge is 0.394 e. The maximum absolute atomic E-state index is 12.8. The number of piperidine rings is 1. The first-order chi connectivity index (χ1) is 9.84. The average Bonchev–Trinajstić information content (AvgIpc) is 2.46. The van der Waals surface area contributed by atoms with Gasteiger partial charge in [0.15, 0.2) is 0 Å². The zero-order valence-corrected chi connectivity index (χ0v) is 13.4. The number of hydrogen-bond acceptors (Lipinski definition) is 5. The van der Waals surface area contributed by atoms with Crippen LogP contribution in [0, 0.1) is 0 Å². The van der Waals surface area contributed by atoms with Crippen LogP contribution in [0.15, 0.2) is 0 Å². The van der Waals surface area contributed by atoms with E-state index in [9.17, 15) is 18.3 Å². The molecule has 2 rings (SSSR count). The van der Waals surface area contributed by atoms with Crippen molar-refractivity contribution in [2.75, 3.05) is 32.6 Å². The number of morpholine rings is 1. The molecule has 2 fully saturated rings. The van der Waals surface area contributed by atoms with Crippen LogP contribution in [0.5, 0.6) is 0 Å². The fourth-order valence-corrected chi connectivity index (χ4v) is 4.09. The number of aliphatic hydroxyl groups is 1. The Balaban J connectivity index is 2.16. The fourth-order valence-electron chi connectivity index (χ4n) is 2.98. The molecule has 0 saturated carbocycles. The number of sulfonamides is 1. The molecule has 1 amide bonds. The van der Waals surface area contributed by atoms with Crippen molar-refractivity contribution in [3.8, 4) is 0 Å². The number of carbonyl (C=O) groups is 1. The Morgan fingerprint density at radius 1 is 1.38 bits per heavy atom. The molecule has 0 bridgehead atoms. The van der Waals surface area contributed by atoms with Gasteiger partial charge in [-0.1, -0.05) is 6.42 Å². The first-order valence-corrected chi connectivity index (χ1v) is 9.19. The van der Waals surface area contributed by atoms with Crippen molar-refractivity contribution in [2.24, 2.45) is 0 Å². The summed E-state index contributed by atoms with van der Waals surface area (Å²) in [5.41, 5.74) is 0. The van der Waals surface area contributed by atoms with E-state index in [0.717, 1.165) is 19.1 Å². The number of rotatable bonds is 3. The third-order valence-electron chi connectivity index (χ3n) is 4.16. The van der Waals surface area contributed by atoms with E-state index >= 15 is 0 Å². The van der Waals surface area contributed by atoms with E-state index in [2.05, 4.69) is 0 Å². The highest BCUT2D eigenvalue weighted by Crippen LogP contribution is 2.24. The predicted molar refractivity (Wildman–Crippen MR) is 77.2 cm³/mol. The highest BCUT2D eigenvalue weighted by molar-refractivity contribution is 7.88. The van der Waals surface area contributed by atoms with Crippen LogP contribution in [-0.4, -0.2) is 79.4 Å². The highest BCUT2D eigenvalue weighted by Gasteiger charge is 2.39. The van der Waals surface area contributed by atoms with Crippen LogP contribution in [0.25, 0.3) is 0 Å². The minimum Gasteiger partial charge on any atom is -0.394 e. The second-order valence-corrected chi connectivity index (χ2v) is 7.80. The monoisotopic (exact) mass is 320 g/mol. The molecule has 21 heavy (non-hydrogen) atoms. The van der Waals surface area contributed by atoms with Gasteiger partial charge in [0, 0.05) is 13.1 Å². The Hall–Kier alpha value is -0.700. The van der Waals surface area contributed by atoms with Crippen LogP contribution in [0.1, 0.15) is 26.2 Å². The molecule has 3 atom stereocenters. The molecule has 0 spiro atoms. The van der Waals surface area contributed by atoms with Gasteiger partial charge in [0.2, 0.25) is 15.9 Å². The Morgan fingerprint density at radius 3 is 2.71 bits per heavy atom. The number of amides is 1. The fraction of sp³-hybridized carbons (Fsp3) is 0.923. The molecule has 8 heteroatoms. The standard InChI is InChI=1S/C13H24N2O5S/c1-10-9-20-11(8-16)7-14(10)13(17)12-5-3-4-6-15(12)21(2,18)19/h10-12,16H,3-9H2,1-2H3. The van der Waals surface area contributed by atoms with Gasteiger partial charge in [-0.2, -0.15) is 4.31 Å². The van der Waals surface area contributed by atoms with Gasteiger partial charge in [-0.3, -0.25) is 4.79 Å². The number of carbonyl (C=O) groups excluding carboxylic acids is 1. The van der Waals surface area contributed by atoms with E-state index < -0.39 is 16.1 Å². The third kappa shape index (κ3) is 3.74. The van der Waals surface area contributed by atoms with Crippen LogP contribution in [0.4, 0.5) is 0 Å². The lowest BCUT2D eigenvalue weighted by atomic mass is 10.0. The molecule has 7 nitrogen and oxygen atoms in total. The van der Waals surface area contributed by atoms with Crippen LogP contribution >= 0.6 is 0 Å². The zero-order valence-electron chi connectivity index (χ0n) is 12.6. The number of aliphatic hydroxyl groups excluding tert-OH is 1. The molecule has 0 radical (unpaired) electrons. The van der Waals surface area contributed by atoms with E-state index in [-0.39, 0.29) is 24.7 Å². The van der Waals surface area contributed by atoms with E-state index in [1.807, 2.05) is 6.92 Å². The van der Waals surface area contributed by atoms with Gasteiger partial charge in [0.05, 0.1) is 31.6 Å². The van der Waals surface area contributed by atoms with Crippen molar-refractivity contribution >= 4 is 15.9 Å². The summed E-state index contributed by atoms with van der Waals surface area (Å²) < 4.78 is 30.5. The van der Waals surface area contributed by atoms with Crippen LogP contribution in [0.3, 0.4) is 0 Å². The maximum atomic E-state index is 12.8. The normalized spacial score (nSPS) is 32.1. The lowest BCUT2D eigenvalue weighted by Gasteiger charge is -2.42. The summed E-state index contributed by atoms with van der Waals surface area (Å²) in [6, 6.07) is -0.725. The van der Waals surface area contributed by atoms with Crippen molar-refractivity contribution in [2.45, 2.75) is 44.4 Å². The summed E-state index contributed by atoms with van der Waals surface area (Å²) in [7, 11) is -3.39. The van der Waals surface area contributed by atoms with Gasteiger partial charge in [-0.15, -0.1) is 0 Å². The van der Waals surface area contributed by atoms with Gasteiger partial charge < -0.3 is 14.7 Å². The van der Waals surface area contributed by atoms with Crippen molar-refractivity contribution in [1.29, 1.82) is 0 Å². The zero-order chi connectivity index (χ0) is 15.6. The number of hydrogen-bond donors (Lipinski definition) is 1. The summed E-state index contributed by atoms with van der Waals surface area (Å²) in [6.45, 7) is 2.81. The molecule has 3 unspecified atom stereocenters. The summed E-state index contributed by atoms with van der Waals surface area (Å²) >= 11 is 0. The second-order valence-electron chi connectivity index (χ2n) is 5.86. The van der Waals surface area contributed by atoms with Gasteiger partial charge in [-0.05, 0) is 19.8 Å². The summed E-state index contributed by atoms with van der Waals surface area (Å²) in [4.78, 5) is 14.4. The second kappa shape index (κ2) is 6.60. The molecular formula is C13H24N2O5S. The van der Waals surface area contributed by atoms with Crippen LogP contribution < -0.4 is 0 Å². The molecule has 0 aromatic carbocycles. The molecule has 2 aliphatic rings. The van der Waals surface area contributed by atoms with Crippen molar-refractivity contribution in [3.63, 3.8) is 0 Å². The maximum Gasteiger partial charge on any atom is 0.241 e. The molecule has 122 valence electrons. The molecule has 2 heterocycles. The lowest BCUT2D eigenvalue weighted by Crippen LogP contribution is -2.59. The van der Waals surface area contributed by atoms with Gasteiger partial charge in [0.25, 0.3) is 0 Å². The Bertz CT molecular complexity index is 481. The number of ether oxygens (including phenoxy) is 1. The first kappa shape index (κ1) is 16.7.